The number of hydrogen-bond donors (Lipinski definition) is 1. The van der Waals surface area contributed by atoms with Crippen LogP contribution in [0.5, 0.6) is 0 Å². The molecule has 2 aromatic heterocycles. The summed E-state index contributed by atoms with van der Waals surface area (Å²) in [5.41, 5.74) is 0.961. The van der Waals surface area contributed by atoms with Gasteiger partial charge < -0.3 is 10.1 Å². The fourth-order valence-electron chi connectivity index (χ4n) is 2.99. The zero-order valence-electron chi connectivity index (χ0n) is 16.8. The second-order valence-corrected chi connectivity index (χ2v) is 7.44. The standard InChI is InChI=1S/C21H19N3O6S/c1-3-30-21(27)18-16(14-7-5-4-6-8-14)12-31-19(18)22-17(25)11-23-10-15(24(28)29)9-13(2)20(23)26/h4-10,12H,3,11H2,1-2H3,(H,22,25). The first-order valence-corrected chi connectivity index (χ1v) is 10.2. The number of esters is 1. The molecule has 3 aromatic rings. The van der Waals surface area contributed by atoms with Crippen molar-refractivity contribution in [2.75, 3.05) is 11.9 Å². The Hall–Kier alpha value is -3.79. The molecule has 0 radical (unpaired) electrons. The van der Waals surface area contributed by atoms with Gasteiger partial charge in [0.1, 0.15) is 17.1 Å². The van der Waals surface area contributed by atoms with E-state index in [1.54, 1.807) is 12.3 Å². The number of carbonyl (C=O) groups excluding carboxylic acids is 2. The molecule has 0 aliphatic heterocycles. The molecule has 10 heteroatoms. The van der Waals surface area contributed by atoms with Gasteiger partial charge in [-0.15, -0.1) is 11.3 Å². The summed E-state index contributed by atoms with van der Waals surface area (Å²) >= 11 is 1.15. The van der Waals surface area contributed by atoms with E-state index < -0.39 is 28.9 Å². The normalized spacial score (nSPS) is 10.5. The highest BCUT2D eigenvalue weighted by Crippen LogP contribution is 2.36. The van der Waals surface area contributed by atoms with Gasteiger partial charge in [0.25, 0.3) is 11.2 Å². The van der Waals surface area contributed by atoms with E-state index in [-0.39, 0.29) is 28.4 Å². The first-order valence-electron chi connectivity index (χ1n) is 9.31. The topological polar surface area (TPSA) is 121 Å². The molecule has 0 saturated carbocycles. The Bertz CT molecular complexity index is 1200. The largest absolute Gasteiger partial charge is 0.462 e. The van der Waals surface area contributed by atoms with Crippen molar-refractivity contribution >= 4 is 33.9 Å². The Balaban J connectivity index is 1.92. The maximum absolute atomic E-state index is 12.6. The van der Waals surface area contributed by atoms with Crippen molar-refractivity contribution in [2.24, 2.45) is 0 Å². The van der Waals surface area contributed by atoms with Crippen molar-refractivity contribution in [3.05, 3.63) is 79.6 Å². The number of nitrogens with zero attached hydrogens (tertiary/aromatic N) is 2. The van der Waals surface area contributed by atoms with Crippen LogP contribution < -0.4 is 10.9 Å². The molecular formula is C21H19N3O6S. The summed E-state index contributed by atoms with van der Waals surface area (Å²) < 4.78 is 6.12. The van der Waals surface area contributed by atoms with E-state index in [1.807, 2.05) is 30.3 Å². The molecule has 0 bridgehead atoms. The lowest BCUT2D eigenvalue weighted by Gasteiger charge is -2.10. The van der Waals surface area contributed by atoms with Gasteiger partial charge in [0.2, 0.25) is 5.91 Å². The third kappa shape index (κ3) is 4.86. The van der Waals surface area contributed by atoms with Crippen LogP contribution in [-0.2, 0) is 16.1 Å². The fourth-order valence-corrected chi connectivity index (χ4v) is 3.96. The van der Waals surface area contributed by atoms with Crippen LogP contribution in [0, 0.1) is 17.0 Å². The van der Waals surface area contributed by atoms with Gasteiger partial charge in [-0.3, -0.25) is 24.3 Å². The number of thiophene rings is 1. The summed E-state index contributed by atoms with van der Waals surface area (Å²) in [5.74, 6) is -1.18. The quantitative estimate of drug-likeness (QED) is 0.340. The summed E-state index contributed by atoms with van der Waals surface area (Å²) in [7, 11) is 0. The lowest BCUT2D eigenvalue weighted by molar-refractivity contribution is -0.385. The Morgan fingerprint density at radius 2 is 1.97 bits per heavy atom. The number of benzene rings is 1. The monoisotopic (exact) mass is 441 g/mol. The van der Waals surface area contributed by atoms with E-state index in [1.165, 1.54) is 6.92 Å². The first-order chi connectivity index (χ1) is 14.8. The highest BCUT2D eigenvalue weighted by molar-refractivity contribution is 7.15. The van der Waals surface area contributed by atoms with Gasteiger partial charge in [0.15, 0.2) is 0 Å². The lowest BCUT2D eigenvalue weighted by atomic mass is 10.0. The van der Waals surface area contributed by atoms with Gasteiger partial charge in [-0.25, -0.2) is 4.79 Å². The second-order valence-electron chi connectivity index (χ2n) is 6.56. The molecule has 3 rings (SSSR count). The Morgan fingerprint density at radius 3 is 2.61 bits per heavy atom. The van der Waals surface area contributed by atoms with E-state index in [9.17, 15) is 24.5 Å². The maximum atomic E-state index is 12.6. The Morgan fingerprint density at radius 1 is 1.26 bits per heavy atom. The average molecular weight is 441 g/mol. The number of nitro groups is 1. The van der Waals surface area contributed by atoms with Crippen LogP contribution in [0.1, 0.15) is 22.8 Å². The molecule has 0 aliphatic rings. The predicted octanol–water partition coefficient (Wildman–Crippen LogP) is 3.61. The van der Waals surface area contributed by atoms with E-state index in [0.29, 0.717) is 5.56 Å². The minimum absolute atomic E-state index is 0.150. The molecule has 31 heavy (non-hydrogen) atoms. The number of pyridine rings is 1. The Kier molecular flexibility index (Phi) is 6.61. The van der Waals surface area contributed by atoms with Crippen LogP contribution in [0.3, 0.4) is 0 Å². The highest BCUT2D eigenvalue weighted by Gasteiger charge is 2.23. The molecule has 9 nitrogen and oxygen atoms in total. The van der Waals surface area contributed by atoms with Crippen molar-refractivity contribution in [2.45, 2.75) is 20.4 Å². The van der Waals surface area contributed by atoms with Gasteiger partial charge in [0.05, 0.1) is 17.7 Å². The summed E-state index contributed by atoms with van der Waals surface area (Å²) in [6, 6.07) is 10.3. The number of aryl methyl sites for hydroxylation is 1. The SMILES string of the molecule is CCOC(=O)c1c(-c2ccccc2)csc1NC(=O)Cn1cc([N+](=O)[O-])cc(C)c1=O. The van der Waals surface area contributed by atoms with Crippen molar-refractivity contribution < 1.29 is 19.2 Å². The molecule has 0 fully saturated rings. The number of anilines is 1. The van der Waals surface area contributed by atoms with Crippen molar-refractivity contribution in [1.82, 2.24) is 4.57 Å². The van der Waals surface area contributed by atoms with Crippen LogP contribution in [0.2, 0.25) is 0 Å². The number of aromatic nitrogens is 1. The van der Waals surface area contributed by atoms with Crippen LogP contribution in [0.15, 0.2) is 52.8 Å². The number of ether oxygens (including phenoxy) is 1. The first kappa shape index (κ1) is 21.9. The van der Waals surface area contributed by atoms with E-state index >= 15 is 0 Å². The summed E-state index contributed by atoms with van der Waals surface area (Å²) in [4.78, 5) is 47.9. The van der Waals surface area contributed by atoms with E-state index in [0.717, 1.165) is 33.7 Å². The summed E-state index contributed by atoms with van der Waals surface area (Å²) in [6.45, 7) is 2.84. The number of carbonyl (C=O) groups is 2. The van der Waals surface area contributed by atoms with Crippen LogP contribution in [0.4, 0.5) is 10.7 Å². The van der Waals surface area contributed by atoms with Crippen LogP contribution >= 0.6 is 11.3 Å². The smallest absolute Gasteiger partial charge is 0.341 e. The zero-order valence-corrected chi connectivity index (χ0v) is 17.6. The lowest BCUT2D eigenvalue weighted by Crippen LogP contribution is -2.29. The zero-order chi connectivity index (χ0) is 22.5. The number of rotatable bonds is 7. The molecule has 0 saturated heterocycles. The molecule has 160 valence electrons. The molecule has 1 amide bonds. The summed E-state index contributed by atoms with van der Waals surface area (Å²) in [5, 5.41) is 15.7. The number of hydrogen-bond acceptors (Lipinski definition) is 7. The average Bonchev–Trinajstić information content (AvgIpc) is 3.15. The van der Waals surface area contributed by atoms with Crippen LogP contribution in [-0.4, -0.2) is 28.0 Å². The number of amides is 1. The minimum atomic E-state index is -0.634. The third-order valence-corrected chi connectivity index (χ3v) is 5.28. The van der Waals surface area contributed by atoms with Crippen molar-refractivity contribution in [3.8, 4) is 11.1 Å². The molecule has 2 heterocycles. The molecule has 1 N–H and O–H groups in total. The molecule has 0 aliphatic carbocycles. The van der Waals surface area contributed by atoms with Crippen molar-refractivity contribution in [1.29, 1.82) is 0 Å². The van der Waals surface area contributed by atoms with Gasteiger partial charge in [-0.2, -0.15) is 0 Å². The molecule has 1 aromatic carbocycles. The second kappa shape index (κ2) is 9.35. The van der Waals surface area contributed by atoms with Crippen LogP contribution in [0.25, 0.3) is 11.1 Å². The Labute approximate surface area is 181 Å². The van der Waals surface area contributed by atoms with Gasteiger partial charge in [-0.05, 0) is 19.4 Å². The van der Waals surface area contributed by atoms with E-state index in [4.69, 9.17) is 4.74 Å². The molecular weight excluding hydrogens is 422 g/mol. The van der Waals surface area contributed by atoms with Gasteiger partial charge in [0, 0.05) is 22.6 Å². The highest BCUT2D eigenvalue weighted by atomic mass is 32.1. The predicted molar refractivity (Wildman–Crippen MR) is 116 cm³/mol. The maximum Gasteiger partial charge on any atom is 0.341 e. The number of nitrogens with one attached hydrogen (secondary N) is 1. The van der Waals surface area contributed by atoms with Gasteiger partial charge >= 0.3 is 5.97 Å². The van der Waals surface area contributed by atoms with E-state index in [2.05, 4.69) is 5.32 Å². The molecule has 0 atom stereocenters. The van der Waals surface area contributed by atoms with Crippen molar-refractivity contribution in [3.63, 3.8) is 0 Å². The minimum Gasteiger partial charge on any atom is -0.462 e. The molecule has 0 spiro atoms. The summed E-state index contributed by atoms with van der Waals surface area (Å²) in [6.07, 6.45) is 1.02. The third-order valence-electron chi connectivity index (χ3n) is 4.38. The molecule has 0 unspecified atom stereocenters. The fraction of sp³-hybridized carbons (Fsp3) is 0.190. The van der Waals surface area contributed by atoms with Gasteiger partial charge in [-0.1, -0.05) is 30.3 Å².